The molecule has 0 radical (unpaired) electrons. The zero-order valence-corrected chi connectivity index (χ0v) is 18.4. The lowest BCUT2D eigenvalue weighted by Gasteiger charge is -2.10. The van der Waals surface area contributed by atoms with E-state index in [0.29, 0.717) is 15.3 Å². The highest BCUT2D eigenvalue weighted by Gasteiger charge is 2.11. The monoisotopic (exact) mass is 493 g/mol. The molecule has 1 aromatic heterocycles. The van der Waals surface area contributed by atoms with Crippen LogP contribution in [0.15, 0.2) is 81.6 Å². The minimum absolute atomic E-state index is 0.189. The number of aromatic hydroxyl groups is 1. The van der Waals surface area contributed by atoms with Gasteiger partial charge in [0.1, 0.15) is 5.75 Å². The Morgan fingerprint density at radius 1 is 1.06 bits per heavy atom. The number of aromatic nitrogens is 1. The van der Waals surface area contributed by atoms with Crippen LogP contribution in [-0.2, 0) is 0 Å². The average molecular weight is 494 g/mol. The van der Waals surface area contributed by atoms with Gasteiger partial charge in [0.05, 0.1) is 16.9 Å². The number of aliphatic imine (C=N–C) groups is 1. The smallest absolute Gasteiger partial charge is 0.337 e. The number of benzene rings is 3. The van der Waals surface area contributed by atoms with Crippen LogP contribution in [0.25, 0.3) is 11.3 Å². The second kappa shape index (κ2) is 9.11. The molecule has 0 spiro atoms. The highest BCUT2D eigenvalue weighted by Crippen LogP contribution is 2.29. The topological polar surface area (TPSA) is 94.8 Å². The zero-order chi connectivity index (χ0) is 21.8. The molecule has 0 aliphatic rings. The van der Waals surface area contributed by atoms with Gasteiger partial charge in [-0.2, -0.15) is 0 Å². The Morgan fingerprint density at radius 2 is 1.81 bits per heavy atom. The maximum atomic E-state index is 11.5. The maximum Gasteiger partial charge on any atom is 0.337 e. The predicted molar refractivity (Wildman–Crippen MR) is 127 cm³/mol. The van der Waals surface area contributed by atoms with Gasteiger partial charge in [-0.1, -0.05) is 28.1 Å². The van der Waals surface area contributed by atoms with E-state index in [2.05, 4.69) is 31.2 Å². The summed E-state index contributed by atoms with van der Waals surface area (Å²) in [5.41, 5.74) is 4.09. The number of carboxylic acids is 1. The molecular formula is C23H16BrN3O3S. The van der Waals surface area contributed by atoms with Gasteiger partial charge in [0, 0.05) is 27.3 Å². The van der Waals surface area contributed by atoms with Gasteiger partial charge >= 0.3 is 5.97 Å². The van der Waals surface area contributed by atoms with Gasteiger partial charge in [-0.05, 0) is 60.2 Å². The number of anilines is 2. The number of nitrogens with one attached hydrogen (secondary N) is 1. The lowest BCUT2D eigenvalue weighted by atomic mass is 10.1. The molecule has 0 amide bonds. The predicted octanol–water partition coefficient (Wildman–Crippen LogP) is 6.47. The molecular weight excluding hydrogens is 478 g/mol. The number of halogens is 1. The van der Waals surface area contributed by atoms with Gasteiger partial charge < -0.3 is 15.5 Å². The van der Waals surface area contributed by atoms with Crippen LogP contribution in [0.3, 0.4) is 0 Å². The molecule has 0 saturated heterocycles. The summed E-state index contributed by atoms with van der Waals surface area (Å²) in [6.45, 7) is 0. The maximum absolute atomic E-state index is 11.5. The van der Waals surface area contributed by atoms with Crippen molar-refractivity contribution in [3.05, 3.63) is 87.7 Å². The number of thiazole rings is 1. The molecule has 0 bridgehead atoms. The minimum atomic E-state index is -0.997. The van der Waals surface area contributed by atoms with E-state index in [4.69, 9.17) is 0 Å². The first kappa shape index (κ1) is 20.8. The Hall–Kier alpha value is -3.49. The van der Waals surface area contributed by atoms with E-state index in [9.17, 15) is 15.0 Å². The summed E-state index contributed by atoms with van der Waals surface area (Å²) in [5, 5.41) is 24.4. The first-order chi connectivity index (χ1) is 15.0. The third kappa shape index (κ3) is 5.17. The molecule has 4 aromatic rings. The third-order valence-corrected chi connectivity index (χ3v) is 5.62. The Bertz CT molecular complexity index is 1250. The Morgan fingerprint density at radius 3 is 2.52 bits per heavy atom. The van der Waals surface area contributed by atoms with Crippen LogP contribution in [0.2, 0.25) is 0 Å². The van der Waals surface area contributed by atoms with Crippen LogP contribution in [0.5, 0.6) is 5.75 Å². The molecule has 0 fully saturated rings. The number of phenolic OH excluding ortho intramolecular Hbond substituents is 1. The number of carbonyl (C=O) groups is 1. The van der Waals surface area contributed by atoms with Gasteiger partial charge in [-0.15, -0.1) is 11.3 Å². The SMILES string of the molecule is O=C(O)c1cc(Br)ccc1Nc1ccc(-c2csc(/N=C/c3ccc(O)cc3)n2)cc1. The van der Waals surface area contributed by atoms with Gasteiger partial charge in [0.25, 0.3) is 0 Å². The minimum Gasteiger partial charge on any atom is -0.508 e. The zero-order valence-electron chi connectivity index (χ0n) is 16.0. The van der Waals surface area contributed by atoms with E-state index in [0.717, 1.165) is 22.5 Å². The van der Waals surface area contributed by atoms with E-state index in [1.54, 1.807) is 48.7 Å². The van der Waals surface area contributed by atoms with Crippen molar-refractivity contribution in [2.75, 3.05) is 5.32 Å². The third-order valence-electron chi connectivity index (χ3n) is 4.38. The molecule has 1 heterocycles. The van der Waals surface area contributed by atoms with Crippen LogP contribution >= 0.6 is 27.3 Å². The highest BCUT2D eigenvalue weighted by atomic mass is 79.9. The van der Waals surface area contributed by atoms with Crippen LogP contribution < -0.4 is 5.32 Å². The Labute approximate surface area is 190 Å². The number of aromatic carboxylic acids is 1. The largest absolute Gasteiger partial charge is 0.508 e. The van der Waals surface area contributed by atoms with Crippen molar-refractivity contribution < 1.29 is 15.0 Å². The van der Waals surface area contributed by atoms with Gasteiger partial charge in [0.15, 0.2) is 0 Å². The molecule has 0 saturated carbocycles. The molecule has 8 heteroatoms. The number of phenols is 1. The van der Waals surface area contributed by atoms with Crippen LogP contribution in [0.4, 0.5) is 16.5 Å². The first-order valence-corrected chi connectivity index (χ1v) is 10.8. The van der Waals surface area contributed by atoms with E-state index < -0.39 is 5.97 Å². The molecule has 154 valence electrons. The summed E-state index contributed by atoms with van der Waals surface area (Å²) < 4.78 is 0.707. The van der Waals surface area contributed by atoms with Crippen molar-refractivity contribution in [1.29, 1.82) is 0 Å². The van der Waals surface area contributed by atoms with Crippen molar-refractivity contribution in [3.63, 3.8) is 0 Å². The molecule has 0 atom stereocenters. The van der Waals surface area contributed by atoms with Gasteiger partial charge in [-0.3, -0.25) is 0 Å². The lowest BCUT2D eigenvalue weighted by Crippen LogP contribution is -2.02. The second-order valence-electron chi connectivity index (χ2n) is 6.56. The van der Waals surface area contributed by atoms with E-state index >= 15 is 0 Å². The number of carboxylic acid groups (broad SMARTS) is 1. The fraction of sp³-hybridized carbons (Fsp3) is 0. The molecule has 0 unspecified atom stereocenters. The molecule has 4 rings (SSSR count). The normalized spacial score (nSPS) is 11.0. The number of nitrogens with zero attached hydrogens (tertiary/aromatic N) is 2. The van der Waals surface area contributed by atoms with E-state index in [1.807, 2.05) is 29.6 Å². The summed E-state index contributed by atoms with van der Waals surface area (Å²) in [6, 6.07) is 19.4. The van der Waals surface area contributed by atoms with Crippen molar-refractivity contribution >= 4 is 56.0 Å². The summed E-state index contributed by atoms with van der Waals surface area (Å²) in [7, 11) is 0. The molecule has 0 aliphatic carbocycles. The Kier molecular flexibility index (Phi) is 6.11. The molecule has 31 heavy (non-hydrogen) atoms. The van der Waals surface area contributed by atoms with Crippen molar-refractivity contribution in [3.8, 4) is 17.0 Å². The van der Waals surface area contributed by atoms with Crippen molar-refractivity contribution in [1.82, 2.24) is 4.98 Å². The average Bonchev–Trinajstić information content (AvgIpc) is 3.24. The fourth-order valence-corrected chi connectivity index (χ4v) is 3.86. The Balaban J connectivity index is 1.48. The van der Waals surface area contributed by atoms with Crippen LogP contribution in [0.1, 0.15) is 15.9 Å². The van der Waals surface area contributed by atoms with Crippen LogP contribution in [0, 0.1) is 0 Å². The molecule has 6 nitrogen and oxygen atoms in total. The van der Waals surface area contributed by atoms with Gasteiger partial charge in [-0.25, -0.2) is 14.8 Å². The number of hydrogen-bond donors (Lipinski definition) is 3. The van der Waals surface area contributed by atoms with E-state index in [1.165, 1.54) is 11.3 Å². The van der Waals surface area contributed by atoms with Crippen molar-refractivity contribution in [2.45, 2.75) is 0 Å². The summed E-state index contributed by atoms with van der Waals surface area (Å²) >= 11 is 4.73. The van der Waals surface area contributed by atoms with Gasteiger partial charge in [0.2, 0.25) is 5.13 Å². The van der Waals surface area contributed by atoms with Crippen LogP contribution in [-0.4, -0.2) is 27.4 Å². The molecule has 3 aromatic carbocycles. The fourth-order valence-electron chi connectivity index (χ4n) is 2.83. The summed E-state index contributed by atoms with van der Waals surface area (Å²) in [4.78, 5) is 20.4. The molecule has 0 aliphatic heterocycles. The van der Waals surface area contributed by atoms with E-state index in [-0.39, 0.29) is 11.3 Å². The standard InChI is InChI=1S/C23H16BrN3O3S/c24-16-5-10-20(19(11-16)22(29)30)26-17-6-3-15(4-7-17)21-13-31-23(27-21)25-12-14-1-8-18(28)9-2-14/h1-13,26,28H,(H,29,30)/b25-12+. The summed E-state index contributed by atoms with van der Waals surface area (Å²) in [5.74, 6) is -0.783. The summed E-state index contributed by atoms with van der Waals surface area (Å²) in [6.07, 6.45) is 1.70. The number of rotatable bonds is 6. The first-order valence-electron chi connectivity index (χ1n) is 9.17. The number of hydrogen-bond acceptors (Lipinski definition) is 6. The molecule has 3 N–H and O–H groups in total. The lowest BCUT2D eigenvalue weighted by molar-refractivity contribution is 0.0698. The second-order valence-corrected chi connectivity index (χ2v) is 8.31. The van der Waals surface area contributed by atoms with Crippen molar-refractivity contribution in [2.24, 2.45) is 4.99 Å². The highest BCUT2D eigenvalue weighted by molar-refractivity contribution is 9.10. The quantitative estimate of drug-likeness (QED) is 0.267.